The summed E-state index contributed by atoms with van der Waals surface area (Å²) >= 11 is 0. The van der Waals surface area contributed by atoms with E-state index in [1.54, 1.807) is 7.11 Å². The number of nitrogens with zero attached hydrogens (tertiary/aromatic N) is 1. The highest BCUT2D eigenvalue weighted by molar-refractivity contribution is 5.93. The molecular weight excluding hydrogens is 356 g/mol. The molecule has 0 spiro atoms. The number of hydrogen-bond donors (Lipinski definition) is 2. The third-order valence-corrected chi connectivity index (χ3v) is 5.54. The highest BCUT2D eigenvalue weighted by Gasteiger charge is 2.27. The van der Waals surface area contributed by atoms with Crippen molar-refractivity contribution in [2.75, 3.05) is 13.7 Å². The highest BCUT2D eigenvalue weighted by Crippen LogP contribution is 2.31. The molecule has 1 aromatic heterocycles. The van der Waals surface area contributed by atoms with Gasteiger partial charge in [-0.25, -0.2) is 4.98 Å². The number of carbonyl (C=O) groups excluding carboxylic acids is 1. The molecule has 6 heteroatoms. The predicted octanol–water partition coefficient (Wildman–Crippen LogP) is 2.65. The summed E-state index contributed by atoms with van der Waals surface area (Å²) in [6, 6.07) is 9.50. The van der Waals surface area contributed by atoms with Crippen LogP contribution in [0.5, 0.6) is 11.5 Å². The van der Waals surface area contributed by atoms with Crippen molar-refractivity contribution >= 4 is 5.91 Å². The number of amides is 1. The molecule has 148 valence electrons. The number of aliphatic hydroxyl groups is 1. The monoisotopic (exact) mass is 382 g/mol. The fraction of sp³-hybridized carbons (Fsp3) is 0.455. The molecule has 0 radical (unpaired) electrons. The van der Waals surface area contributed by atoms with Gasteiger partial charge in [-0.05, 0) is 36.6 Å². The van der Waals surface area contributed by atoms with E-state index >= 15 is 0 Å². The average Bonchev–Trinajstić information content (AvgIpc) is 3.19. The lowest BCUT2D eigenvalue weighted by molar-refractivity contribution is 0.0713. The zero-order chi connectivity index (χ0) is 19.5. The number of rotatable bonds is 5. The molecular formula is C22H26N2O4. The average molecular weight is 382 g/mol. The SMILES string of the molecule is COc1ccc(Cc2cc(C(=O)N[C@H]3CCCC[C@@H]3O)nc3c2OCC3)cc1. The van der Waals surface area contributed by atoms with Crippen LogP contribution in [0.2, 0.25) is 0 Å². The lowest BCUT2D eigenvalue weighted by atomic mass is 9.92. The van der Waals surface area contributed by atoms with Crippen molar-refractivity contribution in [3.8, 4) is 11.5 Å². The van der Waals surface area contributed by atoms with Crippen molar-refractivity contribution in [3.63, 3.8) is 0 Å². The van der Waals surface area contributed by atoms with Gasteiger partial charge >= 0.3 is 0 Å². The Morgan fingerprint density at radius 2 is 2.07 bits per heavy atom. The molecule has 0 unspecified atom stereocenters. The summed E-state index contributed by atoms with van der Waals surface area (Å²) in [7, 11) is 1.65. The molecule has 1 amide bonds. The summed E-state index contributed by atoms with van der Waals surface area (Å²) in [5, 5.41) is 13.1. The molecule has 1 aliphatic carbocycles. The van der Waals surface area contributed by atoms with Crippen molar-refractivity contribution in [2.24, 2.45) is 0 Å². The molecule has 4 rings (SSSR count). The Kier molecular flexibility index (Phi) is 5.48. The Morgan fingerprint density at radius 3 is 2.82 bits per heavy atom. The lowest BCUT2D eigenvalue weighted by Gasteiger charge is -2.28. The Morgan fingerprint density at radius 1 is 1.29 bits per heavy atom. The van der Waals surface area contributed by atoms with Crippen LogP contribution in [0.25, 0.3) is 0 Å². The molecule has 2 N–H and O–H groups in total. The van der Waals surface area contributed by atoms with E-state index in [-0.39, 0.29) is 11.9 Å². The van der Waals surface area contributed by atoms with Crippen LogP contribution in [0.4, 0.5) is 0 Å². The van der Waals surface area contributed by atoms with Gasteiger partial charge in [0.05, 0.1) is 31.6 Å². The van der Waals surface area contributed by atoms with Gasteiger partial charge in [0.1, 0.15) is 17.2 Å². The van der Waals surface area contributed by atoms with E-state index in [1.807, 2.05) is 30.3 Å². The molecule has 2 atom stereocenters. The predicted molar refractivity (Wildman–Crippen MR) is 105 cm³/mol. The maximum absolute atomic E-state index is 12.8. The number of hydrogen-bond acceptors (Lipinski definition) is 5. The van der Waals surface area contributed by atoms with Crippen molar-refractivity contribution in [2.45, 2.75) is 50.7 Å². The topological polar surface area (TPSA) is 80.7 Å². The molecule has 1 saturated carbocycles. The van der Waals surface area contributed by atoms with Gasteiger partial charge in [0.25, 0.3) is 5.91 Å². The van der Waals surface area contributed by atoms with Gasteiger partial charge in [-0.1, -0.05) is 25.0 Å². The molecule has 2 aromatic rings. The van der Waals surface area contributed by atoms with Gasteiger partial charge in [0, 0.05) is 18.4 Å². The van der Waals surface area contributed by atoms with Crippen LogP contribution < -0.4 is 14.8 Å². The van der Waals surface area contributed by atoms with Gasteiger partial charge in [-0.15, -0.1) is 0 Å². The van der Waals surface area contributed by atoms with Crippen molar-refractivity contribution in [3.05, 3.63) is 52.8 Å². The van der Waals surface area contributed by atoms with Crippen molar-refractivity contribution < 1.29 is 19.4 Å². The van der Waals surface area contributed by atoms with Crippen LogP contribution in [-0.2, 0) is 12.8 Å². The molecule has 1 fully saturated rings. The molecule has 0 saturated heterocycles. The number of pyridine rings is 1. The zero-order valence-corrected chi connectivity index (χ0v) is 16.1. The standard InChI is InChI=1S/C22H26N2O4/c1-27-16-8-6-14(7-9-16)12-15-13-19(23-18-10-11-28-21(15)18)22(26)24-17-4-2-3-5-20(17)25/h6-9,13,17,20,25H,2-5,10-12H2,1H3,(H,24,26)/t17-,20-/m0/s1. The minimum atomic E-state index is -0.478. The maximum Gasteiger partial charge on any atom is 0.270 e. The van der Waals surface area contributed by atoms with Gasteiger partial charge < -0.3 is 19.9 Å². The summed E-state index contributed by atoms with van der Waals surface area (Å²) in [6.07, 6.45) is 4.46. The summed E-state index contributed by atoms with van der Waals surface area (Å²) in [6.45, 7) is 0.588. The van der Waals surface area contributed by atoms with Crippen LogP contribution >= 0.6 is 0 Å². The van der Waals surface area contributed by atoms with Crippen molar-refractivity contribution in [1.82, 2.24) is 10.3 Å². The normalized spacial score (nSPS) is 20.9. The zero-order valence-electron chi connectivity index (χ0n) is 16.1. The number of benzene rings is 1. The van der Waals surface area contributed by atoms with Gasteiger partial charge in [-0.3, -0.25) is 4.79 Å². The quantitative estimate of drug-likeness (QED) is 0.831. The van der Waals surface area contributed by atoms with Crippen LogP contribution in [-0.4, -0.2) is 41.9 Å². The summed E-state index contributed by atoms with van der Waals surface area (Å²) in [5.41, 5.74) is 3.30. The molecule has 1 aliphatic heterocycles. The van der Waals surface area contributed by atoms with E-state index in [9.17, 15) is 9.90 Å². The van der Waals surface area contributed by atoms with Gasteiger partial charge in [0.15, 0.2) is 0 Å². The first kappa shape index (κ1) is 18.7. The van der Waals surface area contributed by atoms with E-state index in [4.69, 9.17) is 9.47 Å². The largest absolute Gasteiger partial charge is 0.497 e. The third kappa shape index (κ3) is 3.97. The fourth-order valence-electron chi connectivity index (χ4n) is 3.97. The number of aromatic nitrogens is 1. The van der Waals surface area contributed by atoms with E-state index in [2.05, 4.69) is 10.3 Å². The Labute approximate surface area is 164 Å². The number of methoxy groups -OCH3 is 1. The lowest BCUT2D eigenvalue weighted by Crippen LogP contribution is -2.45. The van der Waals surface area contributed by atoms with Crippen LogP contribution in [0, 0.1) is 0 Å². The number of carbonyl (C=O) groups is 1. The van der Waals surface area contributed by atoms with Gasteiger partial charge in [-0.2, -0.15) is 0 Å². The maximum atomic E-state index is 12.8. The minimum absolute atomic E-state index is 0.197. The molecule has 2 heterocycles. The van der Waals surface area contributed by atoms with E-state index in [0.717, 1.165) is 54.0 Å². The summed E-state index contributed by atoms with van der Waals surface area (Å²) in [4.78, 5) is 17.3. The van der Waals surface area contributed by atoms with Crippen LogP contribution in [0.1, 0.15) is 53.0 Å². The second-order valence-corrected chi connectivity index (χ2v) is 7.50. The smallest absolute Gasteiger partial charge is 0.270 e. The Bertz CT molecular complexity index is 850. The Hall–Kier alpha value is -2.60. The number of aliphatic hydroxyl groups excluding tert-OH is 1. The molecule has 28 heavy (non-hydrogen) atoms. The van der Waals surface area contributed by atoms with Crippen LogP contribution in [0.15, 0.2) is 30.3 Å². The van der Waals surface area contributed by atoms with E-state index in [1.165, 1.54) is 0 Å². The first-order valence-electron chi connectivity index (χ1n) is 9.91. The fourth-order valence-corrected chi connectivity index (χ4v) is 3.97. The third-order valence-electron chi connectivity index (χ3n) is 5.54. The first-order valence-corrected chi connectivity index (χ1v) is 9.91. The van der Waals surface area contributed by atoms with E-state index < -0.39 is 6.10 Å². The summed E-state index contributed by atoms with van der Waals surface area (Å²) < 4.78 is 11.0. The number of fused-ring (bicyclic) bond motifs is 1. The highest BCUT2D eigenvalue weighted by atomic mass is 16.5. The molecule has 6 nitrogen and oxygen atoms in total. The molecule has 1 aromatic carbocycles. The van der Waals surface area contributed by atoms with E-state index in [0.29, 0.717) is 25.1 Å². The first-order chi connectivity index (χ1) is 13.6. The Balaban J connectivity index is 1.56. The summed E-state index contributed by atoms with van der Waals surface area (Å²) in [5.74, 6) is 1.38. The molecule has 2 aliphatic rings. The molecule has 0 bridgehead atoms. The van der Waals surface area contributed by atoms with Crippen LogP contribution in [0.3, 0.4) is 0 Å². The van der Waals surface area contributed by atoms with Gasteiger partial charge in [0.2, 0.25) is 0 Å². The second kappa shape index (κ2) is 8.19. The number of ether oxygens (including phenoxy) is 2. The number of nitrogens with one attached hydrogen (secondary N) is 1. The van der Waals surface area contributed by atoms with Crippen molar-refractivity contribution in [1.29, 1.82) is 0 Å². The second-order valence-electron chi connectivity index (χ2n) is 7.50. The minimum Gasteiger partial charge on any atom is -0.497 e.